The monoisotopic (exact) mass is 261 g/mol. The van der Waals surface area contributed by atoms with Gasteiger partial charge in [0, 0.05) is 30.2 Å². The molecule has 0 aromatic carbocycles. The number of aryl methyl sites for hydroxylation is 1. The lowest BCUT2D eigenvalue weighted by Gasteiger charge is -2.16. The molecule has 96 valence electrons. The molecular weight excluding hydrogens is 242 g/mol. The summed E-state index contributed by atoms with van der Waals surface area (Å²) in [4.78, 5) is 8.70. The summed E-state index contributed by atoms with van der Waals surface area (Å²) in [6.45, 7) is 5.17. The largest absolute Gasteiger partial charge is 0.314 e. The van der Waals surface area contributed by atoms with E-state index < -0.39 is 0 Å². The third-order valence-corrected chi connectivity index (χ3v) is 3.64. The Morgan fingerprint density at radius 2 is 2.28 bits per heavy atom. The molecule has 3 nitrogen and oxygen atoms in total. The van der Waals surface area contributed by atoms with Crippen LogP contribution in [0.15, 0.2) is 29.9 Å². The fourth-order valence-corrected chi connectivity index (χ4v) is 2.69. The number of aromatic nitrogens is 2. The average Bonchev–Trinajstić information content (AvgIpc) is 2.76. The van der Waals surface area contributed by atoms with Crippen molar-refractivity contribution < 1.29 is 0 Å². The quantitative estimate of drug-likeness (QED) is 0.868. The lowest BCUT2D eigenvalue weighted by Crippen LogP contribution is -2.33. The van der Waals surface area contributed by atoms with Gasteiger partial charge in [0.15, 0.2) is 0 Å². The average molecular weight is 261 g/mol. The van der Waals surface area contributed by atoms with E-state index in [-0.39, 0.29) is 0 Å². The van der Waals surface area contributed by atoms with E-state index in [9.17, 15) is 0 Å². The maximum absolute atomic E-state index is 4.54. The molecule has 0 aliphatic rings. The second-order valence-corrected chi connectivity index (χ2v) is 5.44. The first kappa shape index (κ1) is 13.2. The highest BCUT2D eigenvalue weighted by atomic mass is 32.1. The van der Waals surface area contributed by atoms with Crippen LogP contribution in [0.25, 0.3) is 0 Å². The molecule has 2 aromatic heterocycles. The highest BCUT2D eigenvalue weighted by molar-refractivity contribution is 7.09. The molecule has 18 heavy (non-hydrogen) atoms. The molecule has 0 radical (unpaired) electrons. The Morgan fingerprint density at radius 3 is 2.89 bits per heavy atom. The maximum Gasteiger partial charge on any atom is 0.0897 e. The van der Waals surface area contributed by atoms with Crippen molar-refractivity contribution in [1.29, 1.82) is 0 Å². The Bertz CT molecular complexity index is 467. The lowest BCUT2D eigenvalue weighted by molar-refractivity contribution is 0.517. The zero-order valence-corrected chi connectivity index (χ0v) is 11.7. The van der Waals surface area contributed by atoms with Crippen LogP contribution in [0.3, 0.4) is 0 Å². The molecule has 0 amide bonds. The predicted molar refractivity (Wildman–Crippen MR) is 76.0 cm³/mol. The van der Waals surface area contributed by atoms with E-state index in [4.69, 9.17) is 0 Å². The molecular formula is C14H19N3S. The van der Waals surface area contributed by atoms with Gasteiger partial charge in [0.25, 0.3) is 0 Å². The number of pyridine rings is 1. The van der Waals surface area contributed by atoms with Gasteiger partial charge in [-0.15, -0.1) is 11.3 Å². The molecule has 2 rings (SSSR count). The predicted octanol–water partition coefficient (Wildman–Crippen LogP) is 2.61. The van der Waals surface area contributed by atoms with Gasteiger partial charge in [0.1, 0.15) is 0 Å². The van der Waals surface area contributed by atoms with E-state index in [0.717, 1.165) is 24.4 Å². The van der Waals surface area contributed by atoms with E-state index in [0.29, 0.717) is 6.04 Å². The van der Waals surface area contributed by atoms with Crippen molar-refractivity contribution in [1.82, 2.24) is 15.3 Å². The number of hydrogen-bond donors (Lipinski definition) is 1. The van der Waals surface area contributed by atoms with E-state index in [1.54, 1.807) is 11.3 Å². The van der Waals surface area contributed by atoms with Gasteiger partial charge in [-0.05, 0) is 31.5 Å². The number of rotatable bonds is 6. The summed E-state index contributed by atoms with van der Waals surface area (Å²) in [6.07, 6.45) is 5.73. The van der Waals surface area contributed by atoms with Crippen LogP contribution in [0.5, 0.6) is 0 Å². The van der Waals surface area contributed by atoms with Crippen molar-refractivity contribution in [2.75, 3.05) is 6.54 Å². The van der Waals surface area contributed by atoms with E-state index in [1.807, 2.05) is 18.5 Å². The molecule has 0 aliphatic heterocycles. The van der Waals surface area contributed by atoms with Crippen molar-refractivity contribution in [2.45, 2.75) is 32.7 Å². The molecule has 0 saturated carbocycles. The first-order chi connectivity index (χ1) is 8.78. The van der Waals surface area contributed by atoms with Gasteiger partial charge in [-0.2, -0.15) is 0 Å². The topological polar surface area (TPSA) is 37.8 Å². The molecule has 1 atom stereocenters. The Kier molecular flexibility index (Phi) is 4.84. The van der Waals surface area contributed by atoms with Crippen molar-refractivity contribution in [3.8, 4) is 0 Å². The summed E-state index contributed by atoms with van der Waals surface area (Å²) < 4.78 is 0. The summed E-state index contributed by atoms with van der Waals surface area (Å²) in [6, 6.07) is 4.55. The normalized spacial score (nSPS) is 12.6. The van der Waals surface area contributed by atoms with Crippen LogP contribution in [0.2, 0.25) is 0 Å². The molecule has 2 aromatic rings. The zero-order valence-electron chi connectivity index (χ0n) is 10.9. The number of nitrogens with one attached hydrogen (secondary N) is 1. The second-order valence-electron chi connectivity index (χ2n) is 4.38. The van der Waals surface area contributed by atoms with Gasteiger partial charge in [-0.3, -0.25) is 4.98 Å². The van der Waals surface area contributed by atoms with Crippen molar-refractivity contribution >= 4 is 11.3 Å². The summed E-state index contributed by atoms with van der Waals surface area (Å²) in [5.41, 5.74) is 2.46. The van der Waals surface area contributed by atoms with Crippen LogP contribution in [0.1, 0.15) is 23.2 Å². The molecule has 2 heterocycles. The minimum atomic E-state index is 0.431. The fraction of sp³-hybridized carbons (Fsp3) is 0.429. The SMILES string of the molecule is CCNC(Cc1cccnc1)Cc1csc(C)n1. The van der Waals surface area contributed by atoms with Crippen LogP contribution in [0.4, 0.5) is 0 Å². The Morgan fingerprint density at radius 1 is 1.39 bits per heavy atom. The van der Waals surface area contributed by atoms with Gasteiger partial charge in [-0.25, -0.2) is 4.98 Å². The highest BCUT2D eigenvalue weighted by Crippen LogP contribution is 2.12. The molecule has 0 bridgehead atoms. The van der Waals surface area contributed by atoms with Crippen molar-refractivity contribution in [3.63, 3.8) is 0 Å². The number of likely N-dealkylation sites (N-methyl/N-ethyl adjacent to an activating group) is 1. The van der Waals surface area contributed by atoms with Crippen LogP contribution in [-0.4, -0.2) is 22.6 Å². The first-order valence-electron chi connectivity index (χ1n) is 6.31. The van der Waals surface area contributed by atoms with Gasteiger partial charge in [0.05, 0.1) is 10.7 Å². The molecule has 0 aliphatic carbocycles. The van der Waals surface area contributed by atoms with E-state index >= 15 is 0 Å². The lowest BCUT2D eigenvalue weighted by atomic mass is 10.0. The Labute approximate surface area is 112 Å². The Hall–Kier alpha value is -1.26. The molecule has 0 spiro atoms. The third kappa shape index (κ3) is 3.89. The van der Waals surface area contributed by atoms with Gasteiger partial charge >= 0.3 is 0 Å². The van der Waals surface area contributed by atoms with Crippen LogP contribution < -0.4 is 5.32 Å². The van der Waals surface area contributed by atoms with Gasteiger partial charge < -0.3 is 5.32 Å². The summed E-state index contributed by atoms with van der Waals surface area (Å²) in [5, 5.41) is 6.82. The van der Waals surface area contributed by atoms with E-state index in [2.05, 4.69) is 40.6 Å². The standard InChI is InChI=1S/C14H19N3S/c1-3-16-13(7-12-5-4-6-15-9-12)8-14-10-18-11(2)17-14/h4-6,9-10,13,16H,3,7-8H2,1-2H3. The maximum atomic E-state index is 4.54. The minimum absolute atomic E-state index is 0.431. The molecule has 0 saturated heterocycles. The fourth-order valence-electron chi connectivity index (χ4n) is 2.06. The van der Waals surface area contributed by atoms with Crippen LogP contribution in [-0.2, 0) is 12.8 Å². The molecule has 4 heteroatoms. The van der Waals surface area contributed by atoms with Crippen LogP contribution >= 0.6 is 11.3 Å². The smallest absolute Gasteiger partial charge is 0.0897 e. The second kappa shape index (κ2) is 6.61. The summed E-state index contributed by atoms with van der Waals surface area (Å²) >= 11 is 1.72. The van der Waals surface area contributed by atoms with Gasteiger partial charge in [-0.1, -0.05) is 13.0 Å². The molecule has 1 N–H and O–H groups in total. The van der Waals surface area contributed by atoms with E-state index in [1.165, 1.54) is 11.3 Å². The number of thiazole rings is 1. The number of nitrogens with zero attached hydrogens (tertiary/aromatic N) is 2. The molecule has 0 fully saturated rings. The zero-order chi connectivity index (χ0) is 12.8. The highest BCUT2D eigenvalue weighted by Gasteiger charge is 2.11. The first-order valence-corrected chi connectivity index (χ1v) is 7.19. The third-order valence-electron chi connectivity index (χ3n) is 2.82. The van der Waals surface area contributed by atoms with Crippen molar-refractivity contribution in [2.24, 2.45) is 0 Å². The van der Waals surface area contributed by atoms with Gasteiger partial charge in [0.2, 0.25) is 0 Å². The van der Waals surface area contributed by atoms with Crippen LogP contribution in [0, 0.1) is 6.92 Å². The number of hydrogen-bond acceptors (Lipinski definition) is 4. The molecule has 1 unspecified atom stereocenters. The minimum Gasteiger partial charge on any atom is -0.314 e. The summed E-state index contributed by atoms with van der Waals surface area (Å²) in [7, 11) is 0. The Balaban J connectivity index is 1.99. The van der Waals surface area contributed by atoms with Crippen molar-refractivity contribution in [3.05, 3.63) is 46.2 Å². The summed E-state index contributed by atoms with van der Waals surface area (Å²) in [5.74, 6) is 0.